The van der Waals surface area contributed by atoms with Crippen molar-refractivity contribution in [3.63, 3.8) is 0 Å². The molecule has 0 fully saturated rings. The molecule has 1 aliphatic rings. The minimum Gasteiger partial charge on any atom is -0.454 e. The summed E-state index contributed by atoms with van der Waals surface area (Å²) in [6.07, 6.45) is 1.04. The molecule has 2 rings (SSSR count). The average Bonchev–Trinajstić information content (AvgIpc) is 2.81. The molecule has 0 saturated heterocycles. The molecule has 7 heteroatoms. The quantitative estimate of drug-likeness (QED) is 0.869. The van der Waals surface area contributed by atoms with Gasteiger partial charge in [0, 0.05) is 12.8 Å². The second-order valence-electron chi connectivity index (χ2n) is 4.38. The maximum absolute atomic E-state index is 11.7. The number of fused-ring (bicyclic) bond motifs is 1. The third-order valence-electron chi connectivity index (χ3n) is 2.92. The van der Waals surface area contributed by atoms with E-state index in [1.54, 1.807) is 18.2 Å². The first-order valence-corrected chi connectivity index (χ1v) is 7.68. The maximum Gasteiger partial charge on any atom is 0.238 e. The largest absolute Gasteiger partial charge is 0.454 e. The monoisotopic (exact) mass is 285 g/mol. The van der Waals surface area contributed by atoms with Crippen LogP contribution in [0.25, 0.3) is 0 Å². The van der Waals surface area contributed by atoms with Crippen LogP contribution < -0.4 is 14.8 Å². The summed E-state index contributed by atoms with van der Waals surface area (Å²) >= 11 is 0. The molecule has 1 aromatic carbocycles. The average molecular weight is 285 g/mol. The highest BCUT2D eigenvalue weighted by Gasteiger charge is 2.23. The van der Waals surface area contributed by atoms with Crippen LogP contribution in [0.1, 0.15) is 12.5 Å². The van der Waals surface area contributed by atoms with E-state index in [0.29, 0.717) is 11.5 Å². The van der Waals surface area contributed by atoms with E-state index in [4.69, 9.17) is 9.47 Å². The van der Waals surface area contributed by atoms with Gasteiger partial charge in [-0.1, -0.05) is 6.07 Å². The van der Waals surface area contributed by atoms with Crippen LogP contribution in [0, 0.1) is 0 Å². The van der Waals surface area contributed by atoms with E-state index in [-0.39, 0.29) is 13.3 Å². The second kappa shape index (κ2) is 5.08. The molecular formula is C12H15NO5S. The molecule has 1 amide bonds. The first-order valence-electron chi connectivity index (χ1n) is 5.73. The lowest BCUT2D eigenvalue weighted by Crippen LogP contribution is -2.36. The van der Waals surface area contributed by atoms with Gasteiger partial charge in [0.2, 0.25) is 12.7 Å². The number of benzene rings is 1. The maximum atomic E-state index is 11.7. The summed E-state index contributed by atoms with van der Waals surface area (Å²) in [6.45, 7) is 1.80. The van der Waals surface area contributed by atoms with Gasteiger partial charge in [-0.3, -0.25) is 4.79 Å². The predicted molar refractivity (Wildman–Crippen MR) is 68.7 cm³/mol. The molecule has 0 radical (unpaired) electrons. The molecule has 1 unspecified atom stereocenters. The Balaban J connectivity index is 1.98. The van der Waals surface area contributed by atoms with E-state index < -0.39 is 21.0 Å². The van der Waals surface area contributed by atoms with Gasteiger partial charge < -0.3 is 14.8 Å². The molecule has 1 aliphatic heterocycles. The van der Waals surface area contributed by atoms with E-state index in [2.05, 4.69) is 5.32 Å². The molecule has 0 bridgehead atoms. The number of nitrogens with one attached hydrogen (secondary N) is 1. The zero-order valence-electron chi connectivity index (χ0n) is 10.7. The standard InChI is InChI=1S/C12H15NO5S/c1-8(19(2,15)16)12(14)13-6-9-3-4-10-11(5-9)18-7-17-10/h3-5,8H,6-7H2,1-2H3,(H,13,14). The fourth-order valence-electron chi connectivity index (χ4n) is 1.58. The number of hydrogen-bond donors (Lipinski definition) is 1. The van der Waals surface area contributed by atoms with Crippen molar-refractivity contribution in [3.8, 4) is 11.5 Å². The molecule has 1 atom stereocenters. The predicted octanol–water partition coefficient (Wildman–Crippen LogP) is 0.465. The van der Waals surface area contributed by atoms with Crippen molar-refractivity contribution in [1.29, 1.82) is 0 Å². The van der Waals surface area contributed by atoms with Crippen molar-refractivity contribution in [1.82, 2.24) is 5.32 Å². The smallest absolute Gasteiger partial charge is 0.238 e. The highest BCUT2D eigenvalue weighted by molar-refractivity contribution is 7.92. The minimum atomic E-state index is -3.37. The zero-order valence-corrected chi connectivity index (χ0v) is 11.5. The van der Waals surface area contributed by atoms with E-state index >= 15 is 0 Å². The van der Waals surface area contributed by atoms with E-state index in [0.717, 1.165) is 11.8 Å². The van der Waals surface area contributed by atoms with Crippen LogP contribution in [0.3, 0.4) is 0 Å². The van der Waals surface area contributed by atoms with Gasteiger partial charge in [0.1, 0.15) is 5.25 Å². The Bertz CT molecular complexity index is 596. The van der Waals surface area contributed by atoms with Gasteiger partial charge in [0.15, 0.2) is 21.3 Å². The summed E-state index contributed by atoms with van der Waals surface area (Å²) in [6, 6.07) is 5.30. The van der Waals surface area contributed by atoms with Crippen LogP contribution in [-0.4, -0.2) is 32.6 Å². The molecule has 104 valence electrons. The topological polar surface area (TPSA) is 81.7 Å². The third-order valence-corrected chi connectivity index (χ3v) is 4.41. The highest BCUT2D eigenvalue weighted by Crippen LogP contribution is 2.32. The Morgan fingerprint density at radius 2 is 2.05 bits per heavy atom. The normalized spacial score (nSPS) is 15.1. The molecule has 0 spiro atoms. The Morgan fingerprint density at radius 3 is 2.74 bits per heavy atom. The molecule has 0 aromatic heterocycles. The Kier molecular flexibility index (Phi) is 3.66. The number of carbonyl (C=O) groups is 1. The van der Waals surface area contributed by atoms with Gasteiger partial charge in [-0.15, -0.1) is 0 Å². The van der Waals surface area contributed by atoms with Crippen molar-refractivity contribution in [2.45, 2.75) is 18.7 Å². The molecule has 19 heavy (non-hydrogen) atoms. The number of amides is 1. The lowest BCUT2D eigenvalue weighted by atomic mass is 10.2. The van der Waals surface area contributed by atoms with Crippen molar-refractivity contribution in [3.05, 3.63) is 23.8 Å². The highest BCUT2D eigenvalue weighted by atomic mass is 32.2. The second-order valence-corrected chi connectivity index (χ2v) is 6.74. The summed E-state index contributed by atoms with van der Waals surface area (Å²) in [5.74, 6) is 0.780. The molecule has 6 nitrogen and oxygen atoms in total. The van der Waals surface area contributed by atoms with E-state index in [9.17, 15) is 13.2 Å². The fourth-order valence-corrected chi connectivity index (χ4v) is 2.05. The summed E-state index contributed by atoms with van der Waals surface area (Å²) in [7, 11) is -3.37. The van der Waals surface area contributed by atoms with E-state index in [1.165, 1.54) is 6.92 Å². The van der Waals surface area contributed by atoms with E-state index in [1.807, 2.05) is 0 Å². The number of carbonyl (C=O) groups excluding carboxylic acids is 1. The first-order chi connectivity index (χ1) is 8.88. The molecule has 0 saturated carbocycles. The third kappa shape index (κ3) is 3.17. The van der Waals surface area contributed by atoms with Gasteiger partial charge >= 0.3 is 0 Å². The van der Waals surface area contributed by atoms with Crippen LogP contribution in [0.2, 0.25) is 0 Å². The Labute approximate surface area is 111 Å². The minimum absolute atomic E-state index is 0.191. The molecular weight excluding hydrogens is 270 g/mol. The number of ether oxygens (including phenoxy) is 2. The van der Waals surface area contributed by atoms with Gasteiger partial charge in [0.05, 0.1) is 0 Å². The van der Waals surface area contributed by atoms with Crippen molar-refractivity contribution in [2.75, 3.05) is 13.0 Å². The lowest BCUT2D eigenvalue weighted by Gasteiger charge is -2.10. The summed E-state index contributed by atoms with van der Waals surface area (Å²) < 4.78 is 32.9. The molecule has 1 aromatic rings. The van der Waals surface area contributed by atoms with Gasteiger partial charge in [-0.2, -0.15) is 0 Å². The van der Waals surface area contributed by atoms with Crippen LogP contribution in [0.5, 0.6) is 11.5 Å². The summed E-state index contributed by atoms with van der Waals surface area (Å²) in [5, 5.41) is 1.53. The lowest BCUT2D eigenvalue weighted by molar-refractivity contribution is -0.120. The Hall–Kier alpha value is -1.76. The van der Waals surface area contributed by atoms with Gasteiger partial charge in [-0.25, -0.2) is 8.42 Å². The molecule has 0 aliphatic carbocycles. The van der Waals surface area contributed by atoms with Crippen molar-refractivity contribution < 1.29 is 22.7 Å². The summed E-state index contributed by atoms with van der Waals surface area (Å²) in [4.78, 5) is 11.7. The van der Waals surface area contributed by atoms with Gasteiger partial charge in [0.25, 0.3) is 0 Å². The van der Waals surface area contributed by atoms with Crippen LogP contribution in [-0.2, 0) is 21.2 Å². The van der Waals surface area contributed by atoms with Crippen molar-refractivity contribution >= 4 is 15.7 Å². The number of rotatable bonds is 4. The fraction of sp³-hybridized carbons (Fsp3) is 0.417. The Morgan fingerprint density at radius 1 is 1.37 bits per heavy atom. The van der Waals surface area contributed by atoms with Crippen LogP contribution in [0.15, 0.2) is 18.2 Å². The zero-order chi connectivity index (χ0) is 14.0. The van der Waals surface area contributed by atoms with Crippen LogP contribution >= 0.6 is 0 Å². The number of sulfone groups is 1. The molecule has 1 heterocycles. The summed E-state index contributed by atoms with van der Waals surface area (Å²) in [5.41, 5.74) is 0.818. The molecule has 1 N–H and O–H groups in total. The first kappa shape index (κ1) is 13.7. The number of hydrogen-bond acceptors (Lipinski definition) is 5. The van der Waals surface area contributed by atoms with Crippen LogP contribution in [0.4, 0.5) is 0 Å². The van der Waals surface area contributed by atoms with Crippen molar-refractivity contribution in [2.24, 2.45) is 0 Å². The SMILES string of the molecule is CC(C(=O)NCc1ccc2c(c1)OCO2)S(C)(=O)=O. The van der Waals surface area contributed by atoms with Gasteiger partial charge in [-0.05, 0) is 24.6 Å².